The van der Waals surface area contributed by atoms with Crippen LogP contribution in [0.3, 0.4) is 0 Å². The molecule has 5 nitrogen and oxygen atoms in total. The molecule has 13 heteroatoms. The molecule has 0 saturated carbocycles. The number of thiophene rings is 1. The fraction of sp³-hybridized carbons (Fsp3) is 0.158. The zero-order chi connectivity index (χ0) is 23.1. The Kier molecular flexibility index (Phi) is 5.90. The van der Waals surface area contributed by atoms with Crippen molar-refractivity contribution in [2.75, 3.05) is 5.32 Å². The number of alkyl halides is 5. The standard InChI is InChI=1S/C19H11F5N4OS3/c1-18(20,21)9-7-10(19(22,23)24)14-11(8-9)25-5-4-12(14)31-17-28-27-16(32-17)26-15(29)13-3-2-6-30-13/h2-8H,1H3,(H,26,27,29). The van der Waals surface area contributed by atoms with E-state index in [4.69, 9.17) is 0 Å². The number of anilines is 1. The van der Waals surface area contributed by atoms with Gasteiger partial charge in [0.25, 0.3) is 11.8 Å². The van der Waals surface area contributed by atoms with Crippen molar-refractivity contribution >= 4 is 56.4 Å². The van der Waals surface area contributed by atoms with E-state index in [0.717, 1.165) is 29.2 Å². The molecule has 0 saturated heterocycles. The molecule has 1 amide bonds. The predicted molar refractivity (Wildman–Crippen MR) is 113 cm³/mol. The van der Waals surface area contributed by atoms with E-state index in [1.807, 2.05) is 0 Å². The van der Waals surface area contributed by atoms with E-state index in [1.165, 1.54) is 23.6 Å². The van der Waals surface area contributed by atoms with Crippen molar-refractivity contribution < 1.29 is 26.7 Å². The van der Waals surface area contributed by atoms with Gasteiger partial charge in [-0.3, -0.25) is 15.1 Å². The number of rotatable bonds is 5. The molecule has 3 heterocycles. The summed E-state index contributed by atoms with van der Waals surface area (Å²) in [7, 11) is 0. The van der Waals surface area contributed by atoms with E-state index < -0.39 is 23.2 Å². The summed E-state index contributed by atoms with van der Waals surface area (Å²) in [5, 5.41) is 11.9. The van der Waals surface area contributed by atoms with Crippen molar-refractivity contribution in [3.8, 4) is 0 Å². The average Bonchev–Trinajstić information content (AvgIpc) is 3.38. The average molecular weight is 503 g/mol. The molecule has 0 fully saturated rings. The molecular weight excluding hydrogens is 491 g/mol. The molecule has 0 atom stereocenters. The van der Waals surface area contributed by atoms with E-state index in [9.17, 15) is 26.7 Å². The Balaban J connectivity index is 1.70. The first-order valence-electron chi connectivity index (χ1n) is 8.77. The van der Waals surface area contributed by atoms with Gasteiger partial charge in [-0.25, -0.2) is 8.78 Å². The fourth-order valence-electron chi connectivity index (χ4n) is 2.78. The summed E-state index contributed by atoms with van der Waals surface area (Å²) < 4.78 is 69.0. The van der Waals surface area contributed by atoms with Crippen LogP contribution < -0.4 is 5.32 Å². The summed E-state index contributed by atoms with van der Waals surface area (Å²) in [6.45, 7) is 0.528. The zero-order valence-corrected chi connectivity index (χ0v) is 18.4. The normalized spacial score (nSPS) is 12.3. The molecular formula is C19H11F5N4OS3. The van der Waals surface area contributed by atoms with Crippen molar-refractivity contribution in [2.45, 2.75) is 28.3 Å². The minimum Gasteiger partial charge on any atom is -0.296 e. The molecule has 0 aliphatic heterocycles. The zero-order valence-electron chi connectivity index (χ0n) is 15.9. The molecule has 0 bridgehead atoms. The summed E-state index contributed by atoms with van der Waals surface area (Å²) in [6.07, 6.45) is -3.64. The number of halogens is 5. The van der Waals surface area contributed by atoms with E-state index in [2.05, 4.69) is 20.5 Å². The van der Waals surface area contributed by atoms with Crippen LogP contribution in [0.4, 0.5) is 27.1 Å². The second kappa shape index (κ2) is 8.37. The minimum atomic E-state index is -4.88. The molecule has 0 radical (unpaired) electrons. The van der Waals surface area contributed by atoms with Crippen molar-refractivity contribution in [2.24, 2.45) is 0 Å². The van der Waals surface area contributed by atoms with Crippen molar-refractivity contribution in [1.29, 1.82) is 0 Å². The van der Waals surface area contributed by atoms with Gasteiger partial charge in [-0.1, -0.05) is 29.2 Å². The molecule has 4 rings (SSSR count). The Hall–Kier alpha value is -2.64. The van der Waals surface area contributed by atoms with Crippen LogP contribution in [0.1, 0.15) is 27.7 Å². The summed E-state index contributed by atoms with van der Waals surface area (Å²) in [5.41, 5.74) is -2.20. The SMILES string of the molecule is CC(F)(F)c1cc(C(F)(F)F)c2c(Sc3nnc(NC(=O)c4cccs4)s3)ccnc2c1. The summed E-state index contributed by atoms with van der Waals surface area (Å²) >= 11 is 3.09. The van der Waals surface area contributed by atoms with E-state index in [1.54, 1.807) is 17.5 Å². The Labute approximate surface area is 189 Å². The number of hydrogen-bond acceptors (Lipinski definition) is 7. The number of carbonyl (C=O) groups is 1. The highest BCUT2D eigenvalue weighted by Gasteiger charge is 2.37. The third-order valence-electron chi connectivity index (χ3n) is 4.18. The van der Waals surface area contributed by atoms with Crippen LogP contribution in [-0.4, -0.2) is 21.1 Å². The lowest BCUT2D eigenvalue weighted by Gasteiger charge is -2.17. The third kappa shape index (κ3) is 4.74. The number of nitrogens with one attached hydrogen (secondary N) is 1. The van der Waals surface area contributed by atoms with Gasteiger partial charge in [0.15, 0.2) is 4.34 Å². The molecule has 3 aromatic heterocycles. The predicted octanol–water partition coefficient (Wildman–Crippen LogP) is 6.68. The van der Waals surface area contributed by atoms with E-state index >= 15 is 0 Å². The van der Waals surface area contributed by atoms with Gasteiger partial charge in [0, 0.05) is 29.0 Å². The van der Waals surface area contributed by atoms with Gasteiger partial charge in [-0.15, -0.1) is 21.5 Å². The van der Waals surface area contributed by atoms with Gasteiger partial charge in [0.2, 0.25) is 5.13 Å². The number of fused-ring (bicyclic) bond motifs is 1. The van der Waals surface area contributed by atoms with Gasteiger partial charge < -0.3 is 0 Å². The van der Waals surface area contributed by atoms with E-state index in [-0.39, 0.29) is 31.2 Å². The first-order chi connectivity index (χ1) is 15.0. The Morgan fingerprint density at radius 1 is 1.12 bits per heavy atom. The van der Waals surface area contributed by atoms with Gasteiger partial charge >= 0.3 is 6.18 Å². The van der Waals surface area contributed by atoms with Gasteiger partial charge in [0.1, 0.15) is 0 Å². The van der Waals surface area contributed by atoms with Crippen molar-refractivity contribution in [1.82, 2.24) is 15.2 Å². The summed E-state index contributed by atoms with van der Waals surface area (Å²) in [5.74, 6) is -3.84. The quantitative estimate of drug-likeness (QED) is 0.244. The van der Waals surface area contributed by atoms with Crippen LogP contribution in [0, 0.1) is 0 Å². The molecule has 0 unspecified atom stereocenters. The second-order valence-electron chi connectivity index (χ2n) is 6.52. The van der Waals surface area contributed by atoms with Gasteiger partial charge in [-0.2, -0.15) is 13.2 Å². The second-order valence-corrected chi connectivity index (χ2v) is 9.73. The maximum Gasteiger partial charge on any atom is 0.417 e. The number of hydrogen-bond donors (Lipinski definition) is 1. The molecule has 166 valence electrons. The molecule has 0 aliphatic carbocycles. The minimum absolute atomic E-state index is 0.126. The lowest BCUT2D eigenvalue weighted by Crippen LogP contribution is -2.13. The third-order valence-corrected chi connectivity index (χ3v) is 7.00. The summed E-state index contributed by atoms with van der Waals surface area (Å²) in [6, 6.07) is 6.08. The maximum atomic E-state index is 13.8. The van der Waals surface area contributed by atoms with Crippen LogP contribution in [0.25, 0.3) is 10.9 Å². The number of amides is 1. The molecule has 0 aliphatic rings. The first kappa shape index (κ1) is 22.6. The number of carbonyl (C=O) groups excluding carboxylic acids is 1. The van der Waals surface area contributed by atoms with Crippen LogP contribution in [-0.2, 0) is 12.1 Å². The Morgan fingerprint density at radius 3 is 2.56 bits per heavy atom. The van der Waals surface area contributed by atoms with Crippen LogP contribution in [0.15, 0.2) is 51.1 Å². The van der Waals surface area contributed by atoms with Crippen LogP contribution in [0.2, 0.25) is 0 Å². The lowest BCUT2D eigenvalue weighted by molar-refractivity contribution is -0.136. The first-order valence-corrected chi connectivity index (χ1v) is 11.3. The highest BCUT2D eigenvalue weighted by molar-refractivity contribution is 8.01. The monoisotopic (exact) mass is 502 g/mol. The lowest BCUT2D eigenvalue weighted by atomic mass is 10.0. The topological polar surface area (TPSA) is 67.8 Å². The Bertz CT molecular complexity index is 1280. The number of benzene rings is 1. The highest BCUT2D eigenvalue weighted by atomic mass is 32.2. The molecule has 0 spiro atoms. The largest absolute Gasteiger partial charge is 0.417 e. The molecule has 1 N–H and O–H groups in total. The van der Waals surface area contributed by atoms with Crippen LogP contribution >= 0.6 is 34.4 Å². The summed E-state index contributed by atoms with van der Waals surface area (Å²) in [4.78, 5) is 16.6. The highest BCUT2D eigenvalue weighted by Crippen LogP contribution is 2.44. The van der Waals surface area contributed by atoms with Gasteiger partial charge in [0.05, 0.1) is 16.0 Å². The molecule has 1 aromatic carbocycles. The molecule has 4 aromatic rings. The number of aromatic nitrogens is 3. The van der Waals surface area contributed by atoms with Gasteiger partial charge in [-0.05, 0) is 29.6 Å². The fourth-order valence-corrected chi connectivity index (χ4v) is 5.26. The smallest absolute Gasteiger partial charge is 0.296 e. The van der Waals surface area contributed by atoms with Crippen LogP contribution in [0.5, 0.6) is 0 Å². The van der Waals surface area contributed by atoms with Crippen molar-refractivity contribution in [3.05, 3.63) is 57.9 Å². The number of nitrogens with zero attached hydrogens (tertiary/aromatic N) is 3. The van der Waals surface area contributed by atoms with E-state index in [0.29, 0.717) is 17.9 Å². The molecule has 32 heavy (non-hydrogen) atoms. The number of pyridine rings is 1. The maximum absolute atomic E-state index is 13.8. The Morgan fingerprint density at radius 2 is 1.91 bits per heavy atom. The van der Waals surface area contributed by atoms with Crippen molar-refractivity contribution in [3.63, 3.8) is 0 Å².